The molecule has 0 atom stereocenters. The predicted molar refractivity (Wildman–Crippen MR) is 116 cm³/mol. The number of methoxy groups -OCH3 is 2. The van der Waals surface area contributed by atoms with E-state index in [9.17, 15) is 9.59 Å². The van der Waals surface area contributed by atoms with E-state index in [4.69, 9.17) is 14.2 Å². The van der Waals surface area contributed by atoms with Crippen LogP contribution in [0, 0.1) is 0 Å². The van der Waals surface area contributed by atoms with E-state index in [0.717, 1.165) is 0 Å². The second-order valence-electron chi connectivity index (χ2n) is 6.54. The third kappa shape index (κ3) is 5.61. The molecular weight excluding hydrogens is 400 g/mol. The number of nitrogens with one attached hydrogen (secondary N) is 2. The van der Waals surface area contributed by atoms with Crippen molar-refractivity contribution in [2.75, 3.05) is 32.7 Å². The quantitative estimate of drug-likeness (QED) is 0.509. The molecule has 162 valence electrons. The van der Waals surface area contributed by atoms with Crippen LogP contribution in [0.15, 0.2) is 59.5 Å². The van der Waals surface area contributed by atoms with Crippen LogP contribution in [0.2, 0.25) is 0 Å². The highest BCUT2D eigenvalue weighted by molar-refractivity contribution is 5.94. The molecular formula is C22H24N4O5. The number of aromatic nitrogens is 2. The predicted octanol–water partition coefficient (Wildman–Crippen LogP) is 2.70. The number of benzene rings is 2. The summed E-state index contributed by atoms with van der Waals surface area (Å²) in [6.45, 7) is 0.861. The molecule has 0 aliphatic rings. The molecule has 0 fully saturated rings. The van der Waals surface area contributed by atoms with Crippen LogP contribution in [0.5, 0.6) is 17.2 Å². The lowest BCUT2D eigenvalue weighted by Crippen LogP contribution is -2.26. The number of ether oxygens (including phenoxy) is 3. The van der Waals surface area contributed by atoms with E-state index in [1.807, 2.05) is 0 Å². The summed E-state index contributed by atoms with van der Waals surface area (Å²) in [7, 11) is 4.69. The number of rotatable bonds is 9. The van der Waals surface area contributed by atoms with Crippen molar-refractivity contribution in [1.29, 1.82) is 0 Å². The molecule has 2 N–H and O–H groups in total. The van der Waals surface area contributed by atoms with E-state index < -0.39 is 0 Å². The molecule has 0 saturated carbocycles. The summed E-state index contributed by atoms with van der Waals surface area (Å²) >= 11 is 0. The van der Waals surface area contributed by atoms with Crippen LogP contribution in [0.4, 0.5) is 11.4 Å². The van der Waals surface area contributed by atoms with E-state index in [-0.39, 0.29) is 22.9 Å². The second kappa shape index (κ2) is 10.3. The fourth-order valence-electron chi connectivity index (χ4n) is 2.73. The molecule has 0 radical (unpaired) electrons. The summed E-state index contributed by atoms with van der Waals surface area (Å²) in [4.78, 5) is 24.8. The van der Waals surface area contributed by atoms with Crippen molar-refractivity contribution < 1.29 is 19.0 Å². The third-order valence-corrected chi connectivity index (χ3v) is 4.38. The molecule has 1 aromatic heterocycles. The summed E-state index contributed by atoms with van der Waals surface area (Å²) in [5.41, 5.74) is 0.976. The van der Waals surface area contributed by atoms with Gasteiger partial charge in [0.2, 0.25) is 0 Å². The Balaban J connectivity index is 1.81. The van der Waals surface area contributed by atoms with Gasteiger partial charge in [-0.1, -0.05) is 6.07 Å². The lowest BCUT2D eigenvalue weighted by atomic mass is 10.2. The van der Waals surface area contributed by atoms with Gasteiger partial charge in [0.25, 0.3) is 11.5 Å². The van der Waals surface area contributed by atoms with Crippen molar-refractivity contribution in [1.82, 2.24) is 15.1 Å². The van der Waals surface area contributed by atoms with E-state index in [2.05, 4.69) is 15.7 Å². The molecule has 31 heavy (non-hydrogen) atoms. The Morgan fingerprint density at radius 1 is 1.10 bits per heavy atom. The van der Waals surface area contributed by atoms with Gasteiger partial charge in [0, 0.05) is 38.0 Å². The molecule has 9 heteroatoms. The summed E-state index contributed by atoms with van der Waals surface area (Å²) in [5, 5.41) is 9.86. The van der Waals surface area contributed by atoms with E-state index in [1.165, 1.54) is 10.9 Å². The number of aryl methyl sites for hydroxylation is 1. The summed E-state index contributed by atoms with van der Waals surface area (Å²) in [5.74, 6) is 1.19. The van der Waals surface area contributed by atoms with Gasteiger partial charge in [-0.05, 0) is 36.4 Å². The highest BCUT2D eigenvalue weighted by Crippen LogP contribution is 2.30. The molecule has 9 nitrogen and oxygen atoms in total. The van der Waals surface area contributed by atoms with E-state index in [0.29, 0.717) is 35.9 Å². The molecule has 0 bridgehead atoms. The van der Waals surface area contributed by atoms with Crippen molar-refractivity contribution in [2.45, 2.75) is 0 Å². The van der Waals surface area contributed by atoms with Gasteiger partial charge in [-0.2, -0.15) is 5.10 Å². The maximum atomic E-state index is 12.7. The zero-order valence-electron chi connectivity index (χ0n) is 17.5. The summed E-state index contributed by atoms with van der Waals surface area (Å²) < 4.78 is 17.2. The normalized spacial score (nSPS) is 10.4. The number of amides is 1. The number of anilines is 2. The average Bonchev–Trinajstić information content (AvgIpc) is 2.79. The van der Waals surface area contributed by atoms with Crippen molar-refractivity contribution in [3.63, 3.8) is 0 Å². The van der Waals surface area contributed by atoms with Gasteiger partial charge in [-0.3, -0.25) is 9.59 Å². The van der Waals surface area contributed by atoms with Gasteiger partial charge in [0.05, 0.1) is 19.9 Å². The number of carbonyl (C=O) groups excluding carboxylic acids is 1. The maximum Gasteiger partial charge on any atom is 0.294 e. The zero-order valence-corrected chi connectivity index (χ0v) is 17.5. The Labute approximate surface area is 179 Å². The van der Waals surface area contributed by atoms with Crippen LogP contribution in [0.25, 0.3) is 0 Å². The number of hydrogen-bond donors (Lipinski definition) is 2. The Morgan fingerprint density at radius 2 is 1.84 bits per heavy atom. The lowest BCUT2D eigenvalue weighted by Gasteiger charge is -2.14. The molecule has 3 rings (SSSR count). The Kier molecular flexibility index (Phi) is 7.23. The maximum absolute atomic E-state index is 12.7. The standard InChI is InChI=1S/C22H24N4O5/c1-26-22(28)20(19(14-24-26)31-18-6-4-5-17(13-18)30-3)25-16-9-7-15(8-10-16)21(27)23-11-12-29-2/h4-10,13-14,25H,11-12H2,1-3H3,(H,23,27). The first-order chi connectivity index (χ1) is 15.0. The minimum Gasteiger partial charge on any atom is -0.497 e. The molecule has 0 aliphatic carbocycles. The Bertz CT molecular complexity index is 1100. The molecule has 0 spiro atoms. The molecule has 1 amide bonds. The smallest absolute Gasteiger partial charge is 0.294 e. The van der Waals surface area contributed by atoms with Gasteiger partial charge in [-0.15, -0.1) is 0 Å². The molecule has 0 aliphatic heterocycles. The summed E-state index contributed by atoms with van der Waals surface area (Å²) in [6.07, 6.45) is 1.46. The van der Waals surface area contributed by atoms with E-state index >= 15 is 0 Å². The topological polar surface area (TPSA) is 104 Å². The van der Waals surface area contributed by atoms with E-state index in [1.54, 1.807) is 69.8 Å². The van der Waals surface area contributed by atoms with Crippen LogP contribution in [-0.2, 0) is 11.8 Å². The number of nitrogens with zero attached hydrogens (tertiary/aromatic N) is 2. The Morgan fingerprint density at radius 3 is 2.55 bits per heavy atom. The number of hydrogen-bond acceptors (Lipinski definition) is 7. The van der Waals surface area contributed by atoms with Crippen LogP contribution in [0.1, 0.15) is 10.4 Å². The fourth-order valence-corrected chi connectivity index (χ4v) is 2.73. The van der Waals surface area contributed by atoms with Gasteiger partial charge in [0.15, 0.2) is 11.4 Å². The zero-order chi connectivity index (χ0) is 22.2. The second-order valence-corrected chi connectivity index (χ2v) is 6.54. The molecule has 1 heterocycles. The monoisotopic (exact) mass is 424 g/mol. The van der Waals surface area contributed by atoms with Gasteiger partial charge < -0.3 is 24.8 Å². The highest BCUT2D eigenvalue weighted by atomic mass is 16.5. The van der Waals surface area contributed by atoms with Gasteiger partial charge >= 0.3 is 0 Å². The highest BCUT2D eigenvalue weighted by Gasteiger charge is 2.14. The van der Waals surface area contributed by atoms with Crippen molar-refractivity contribution in [3.05, 3.63) is 70.6 Å². The Hall–Kier alpha value is -3.85. The average molecular weight is 424 g/mol. The molecule has 0 unspecified atom stereocenters. The molecule has 2 aromatic carbocycles. The van der Waals surface area contributed by atoms with Crippen molar-refractivity contribution in [3.8, 4) is 17.2 Å². The lowest BCUT2D eigenvalue weighted by molar-refractivity contribution is 0.0937. The van der Waals surface area contributed by atoms with Gasteiger partial charge in [-0.25, -0.2) is 4.68 Å². The van der Waals surface area contributed by atoms with Crippen LogP contribution in [0.3, 0.4) is 0 Å². The number of carbonyl (C=O) groups is 1. The first-order valence-electron chi connectivity index (χ1n) is 9.54. The summed E-state index contributed by atoms with van der Waals surface area (Å²) in [6, 6.07) is 13.8. The van der Waals surface area contributed by atoms with Crippen LogP contribution >= 0.6 is 0 Å². The van der Waals surface area contributed by atoms with Gasteiger partial charge in [0.1, 0.15) is 11.5 Å². The SMILES string of the molecule is COCCNC(=O)c1ccc(Nc2c(Oc3cccc(OC)c3)cnn(C)c2=O)cc1. The largest absolute Gasteiger partial charge is 0.497 e. The van der Waals surface area contributed by atoms with Crippen LogP contribution < -0.4 is 25.7 Å². The van der Waals surface area contributed by atoms with Crippen LogP contribution in [-0.4, -0.2) is 43.1 Å². The minimum atomic E-state index is -0.359. The first-order valence-corrected chi connectivity index (χ1v) is 9.54. The molecule has 3 aromatic rings. The fraction of sp³-hybridized carbons (Fsp3) is 0.227. The van der Waals surface area contributed by atoms with Crippen molar-refractivity contribution in [2.24, 2.45) is 7.05 Å². The molecule has 0 saturated heterocycles. The minimum absolute atomic E-state index is 0.203. The third-order valence-electron chi connectivity index (χ3n) is 4.38. The first kappa shape index (κ1) is 21.8. The van der Waals surface area contributed by atoms with Crippen molar-refractivity contribution >= 4 is 17.3 Å².